The second-order valence-corrected chi connectivity index (χ2v) is 2.94. The van der Waals surface area contributed by atoms with Crippen LogP contribution in [0.15, 0.2) is 12.1 Å². The van der Waals surface area contributed by atoms with Crippen molar-refractivity contribution in [1.29, 1.82) is 0 Å². The van der Waals surface area contributed by atoms with Crippen molar-refractivity contribution < 1.29 is 23.2 Å². The molecule has 0 atom stereocenters. The molecule has 0 fully saturated rings. The summed E-state index contributed by atoms with van der Waals surface area (Å²) in [6, 6.07) is 1.44. The van der Waals surface area contributed by atoms with E-state index in [0.29, 0.717) is 6.07 Å². The molecule has 0 bridgehead atoms. The van der Waals surface area contributed by atoms with Gasteiger partial charge in [-0.1, -0.05) is 0 Å². The molecule has 0 spiro atoms. The molecule has 0 aliphatic carbocycles. The quantitative estimate of drug-likeness (QED) is 0.494. The molecule has 0 radical (unpaired) electrons. The Morgan fingerprint density at radius 3 is 2.71 bits per heavy atom. The first-order valence-electron chi connectivity index (χ1n) is 4.40. The summed E-state index contributed by atoms with van der Waals surface area (Å²) in [7, 11) is 1.10. The third kappa shape index (κ3) is 2.86. The van der Waals surface area contributed by atoms with Crippen LogP contribution in [0.25, 0.3) is 0 Å². The van der Waals surface area contributed by atoms with Crippen LogP contribution in [0.5, 0.6) is 0 Å². The molecule has 1 aromatic carbocycles. The minimum atomic E-state index is -1.41. The van der Waals surface area contributed by atoms with Crippen LogP contribution in [-0.2, 0) is 9.53 Å². The molecule has 6 nitrogen and oxygen atoms in total. The Morgan fingerprint density at radius 2 is 2.18 bits per heavy atom. The number of nitro groups is 1. The molecule has 0 heterocycles. The van der Waals surface area contributed by atoms with Crippen molar-refractivity contribution in [3.8, 4) is 0 Å². The van der Waals surface area contributed by atoms with Gasteiger partial charge in [-0.15, -0.1) is 0 Å². The lowest BCUT2D eigenvalue weighted by Gasteiger charge is -2.07. The lowest BCUT2D eigenvalue weighted by molar-refractivity contribution is -0.384. The van der Waals surface area contributed by atoms with E-state index >= 15 is 0 Å². The molecular weight excluding hydrogens is 238 g/mol. The molecule has 17 heavy (non-hydrogen) atoms. The molecular formula is C9H8F2N2O4. The number of benzene rings is 1. The first kappa shape index (κ1) is 12.8. The second-order valence-electron chi connectivity index (χ2n) is 2.94. The number of hydrogen-bond acceptors (Lipinski definition) is 5. The first-order valence-corrected chi connectivity index (χ1v) is 4.40. The lowest BCUT2D eigenvalue weighted by Crippen LogP contribution is -2.17. The molecule has 0 amide bonds. The smallest absolute Gasteiger partial charge is 0.325 e. The Labute approximate surface area is 94.3 Å². The van der Waals surface area contributed by atoms with Gasteiger partial charge in [-0.2, -0.15) is 0 Å². The van der Waals surface area contributed by atoms with Crippen LogP contribution >= 0.6 is 0 Å². The van der Waals surface area contributed by atoms with Crippen LogP contribution in [0.1, 0.15) is 0 Å². The van der Waals surface area contributed by atoms with Gasteiger partial charge in [0.05, 0.1) is 12.0 Å². The van der Waals surface area contributed by atoms with E-state index in [9.17, 15) is 23.7 Å². The van der Waals surface area contributed by atoms with Crippen molar-refractivity contribution in [2.24, 2.45) is 0 Å². The van der Waals surface area contributed by atoms with Crippen molar-refractivity contribution in [2.75, 3.05) is 19.0 Å². The van der Waals surface area contributed by atoms with Gasteiger partial charge in [0.2, 0.25) is 0 Å². The fourth-order valence-electron chi connectivity index (χ4n) is 1.09. The van der Waals surface area contributed by atoms with Crippen molar-refractivity contribution >= 4 is 17.3 Å². The maximum absolute atomic E-state index is 13.3. The van der Waals surface area contributed by atoms with Crippen molar-refractivity contribution in [2.45, 2.75) is 0 Å². The Bertz CT molecular complexity index is 465. The number of nitrogens with zero attached hydrogens (tertiary/aromatic N) is 1. The summed E-state index contributed by atoms with van der Waals surface area (Å²) in [6.45, 7) is -0.502. The summed E-state index contributed by atoms with van der Waals surface area (Å²) in [6.07, 6.45) is 0. The number of carbonyl (C=O) groups excluding carboxylic acids is 1. The lowest BCUT2D eigenvalue weighted by atomic mass is 10.2. The van der Waals surface area contributed by atoms with Crippen molar-refractivity contribution in [3.05, 3.63) is 33.9 Å². The highest BCUT2D eigenvalue weighted by Crippen LogP contribution is 2.28. The molecule has 0 saturated heterocycles. The maximum atomic E-state index is 13.3. The minimum absolute atomic E-state index is 0.502. The molecule has 0 saturated carbocycles. The number of nitro benzene ring substituents is 1. The normalized spacial score (nSPS) is 9.82. The zero-order valence-corrected chi connectivity index (χ0v) is 8.70. The van der Waals surface area contributed by atoms with Gasteiger partial charge < -0.3 is 10.1 Å². The van der Waals surface area contributed by atoms with Gasteiger partial charge in [0, 0.05) is 6.07 Å². The van der Waals surface area contributed by atoms with Gasteiger partial charge in [0.25, 0.3) is 5.69 Å². The average molecular weight is 246 g/mol. The average Bonchev–Trinajstić information content (AvgIpc) is 2.30. The van der Waals surface area contributed by atoms with Gasteiger partial charge in [-0.25, -0.2) is 8.78 Å². The van der Waals surface area contributed by atoms with Gasteiger partial charge in [0.15, 0.2) is 17.3 Å². The number of carbonyl (C=O) groups is 1. The summed E-state index contributed by atoms with van der Waals surface area (Å²) in [5, 5.41) is 12.7. The molecule has 0 aromatic heterocycles. The van der Waals surface area contributed by atoms with E-state index in [0.717, 1.165) is 13.2 Å². The van der Waals surface area contributed by atoms with Gasteiger partial charge in [-0.3, -0.25) is 14.9 Å². The second kappa shape index (κ2) is 5.19. The Morgan fingerprint density at radius 1 is 1.53 bits per heavy atom. The van der Waals surface area contributed by atoms with E-state index in [2.05, 4.69) is 10.1 Å². The summed E-state index contributed by atoms with van der Waals surface area (Å²) >= 11 is 0. The number of rotatable bonds is 4. The maximum Gasteiger partial charge on any atom is 0.325 e. The molecule has 0 aliphatic heterocycles. The topological polar surface area (TPSA) is 81.5 Å². The van der Waals surface area contributed by atoms with Crippen molar-refractivity contribution in [1.82, 2.24) is 0 Å². The number of methoxy groups -OCH3 is 1. The summed E-state index contributed by atoms with van der Waals surface area (Å²) in [5.41, 5.74) is -1.34. The Kier molecular flexibility index (Phi) is 3.91. The minimum Gasteiger partial charge on any atom is -0.468 e. The number of hydrogen-bond donors (Lipinski definition) is 1. The van der Waals surface area contributed by atoms with E-state index < -0.39 is 40.4 Å². The Hall–Kier alpha value is -2.25. The van der Waals surface area contributed by atoms with Crippen molar-refractivity contribution in [3.63, 3.8) is 0 Å². The van der Waals surface area contributed by atoms with Crippen LogP contribution in [0.2, 0.25) is 0 Å². The molecule has 8 heteroatoms. The predicted molar refractivity (Wildman–Crippen MR) is 53.5 cm³/mol. The van der Waals surface area contributed by atoms with Gasteiger partial charge in [0.1, 0.15) is 6.54 Å². The van der Waals surface area contributed by atoms with E-state index in [-0.39, 0.29) is 0 Å². The largest absolute Gasteiger partial charge is 0.468 e. The van der Waals surface area contributed by atoms with E-state index in [4.69, 9.17) is 0 Å². The SMILES string of the molecule is COC(=O)CNc1c([N+](=O)[O-])ccc(F)c1F. The first-order chi connectivity index (χ1) is 7.97. The van der Waals surface area contributed by atoms with Gasteiger partial charge in [-0.05, 0) is 6.07 Å². The van der Waals surface area contributed by atoms with E-state index in [1.54, 1.807) is 0 Å². The number of ether oxygens (including phenoxy) is 1. The van der Waals surface area contributed by atoms with Gasteiger partial charge >= 0.3 is 5.97 Å². The van der Waals surface area contributed by atoms with E-state index in [1.165, 1.54) is 0 Å². The predicted octanol–water partition coefficient (Wildman–Crippen LogP) is 1.46. The van der Waals surface area contributed by atoms with Crippen LogP contribution in [0, 0.1) is 21.7 Å². The highest BCUT2D eigenvalue weighted by Gasteiger charge is 2.21. The highest BCUT2D eigenvalue weighted by atomic mass is 19.2. The molecule has 0 unspecified atom stereocenters. The van der Waals surface area contributed by atoms with Crippen LogP contribution in [-0.4, -0.2) is 24.5 Å². The zero-order valence-electron chi connectivity index (χ0n) is 8.70. The molecule has 0 aliphatic rings. The number of halogens is 2. The number of nitrogens with one attached hydrogen (secondary N) is 1. The number of esters is 1. The zero-order chi connectivity index (χ0) is 13.0. The fraction of sp³-hybridized carbons (Fsp3) is 0.222. The summed E-state index contributed by atoms with van der Waals surface area (Å²) in [5.74, 6) is -3.42. The third-order valence-electron chi connectivity index (χ3n) is 1.91. The summed E-state index contributed by atoms with van der Waals surface area (Å²) < 4.78 is 30.4. The standard InChI is InChI=1S/C9H8F2N2O4/c1-17-7(14)4-12-9-6(13(15)16)3-2-5(10)8(9)11/h2-3,12H,4H2,1H3. The Balaban J connectivity index is 3.06. The molecule has 1 rings (SSSR count). The van der Waals surface area contributed by atoms with E-state index in [1.807, 2.05) is 0 Å². The number of anilines is 1. The molecule has 1 N–H and O–H groups in total. The van der Waals surface area contributed by atoms with Crippen LogP contribution in [0.4, 0.5) is 20.2 Å². The fourth-order valence-corrected chi connectivity index (χ4v) is 1.09. The molecule has 92 valence electrons. The summed E-state index contributed by atoms with van der Waals surface area (Å²) in [4.78, 5) is 20.5. The monoisotopic (exact) mass is 246 g/mol. The van der Waals surface area contributed by atoms with Crippen LogP contribution in [0.3, 0.4) is 0 Å². The molecule has 1 aromatic rings. The van der Waals surface area contributed by atoms with Crippen LogP contribution < -0.4 is 5.32 Å². The third-order valence-corrected chi connectivity index (χ3v) is 1.91. The highest BCUT2D eigenvalue weighted by molar-refractivity contribution is 5.76.